The number of nitrogens with two attached hydrogens (primary N) is 1. The number of halogens is 2. The van der Waals surface area contributed by atoms with Gasteiger partial charge in [0.15, 0.2) is 6.61 Å². The first-order valence-corrected chi connectivity index (χ1v) is 8.00. The van der Waals surface area contributed by atoms with Gasteiger partial charge in [0.2, 0.25) is 10.0 Å². The monoisotopic (exact) mass is 384 g/mol. The Morgan fingerprint density at radius 3 is 2.71 bits per heavy atom. The summed E-state index contributed by atoms with van der Waals surface area (Å²) in [6.07, 6.45) is 0. The number of methoxy groups -OCH3 is 1. The third kappa shape index (κ3) is 5.58. The number of primary sulfonamides is 1. The SMILES string of the molecule is COCCNC(=O)COc1cc(F)c(S(N)(=O)=O)cc1Br. The van der Waals surface area contributed by atoms with Crippen LogP contribution in [0.15, 0.2) is 21.5 Å². The zero-order valence-electron chi connectivity index (χ0n) is 11.1. The van der Waals surface area contributed by atoms with Gasteiger partial charge in [-0.05, 0) is 22.0 Å². The fourth-order valence-electron chi connectivity index (χ4n) is 1.33. The molecule has 0 spiro atoms. The Morgan fingerprint density at radius 1 is 1.48 bits per heavy atom. The number of rotatable bonds is 7. The van der Waals surface area contributed by atoms with E-state index in [0.717, 1.165) is 12.1 Å². The van der Waals surface area contributed by atoms with Gasteiger partial charge in [0.1, 0.15) is 16.5 Å². The summed E-state index contributed by atoms with van der Waals surface area (Å²) in [4.78, 5) is 10.7. The second-order valence-corrected chi connectivity index (χ2v) is 6.27. The average molecular weight is 385 g/mol. The van der Waals surface area contributed by atoms with Crippen LogP contribution in [0.3, 0.4) is 0 Å². The molecule has 0 bridgehead atoms. The highest BCUT2D eigenvalue weighted by Crippen LogP contribution is 2.29. The summed E-state index contributed by atoms with van der Waals surface area (Å²) < 4.78 is 45.9. The number of carbonyl (C=O) groups is 1. The van der Waals surface area contributed by atoms with E-state index in [9.17, 15) is 17.6 Å². The molecule has 0 unspecified atom stereocenters. The summed E-state index contributed by atoms with van der Waals surface area (Å²) in [7, 11) is -2.68. The van der Waals surface area contributed by atoms with Crippen molar-refractivity contribution in [3.8, 4) is 5.75 Å². The second-order valence-electron chi connectivity index (χ2n) is 3.89. The quantitative estimate of drug-likeness (QED) is 0.660. The molecular formula is C11H14BrFN2O5S. The van der Waals surface area contributed by atoms with Crippen LogP contribution in [0, 0.1) is 5.82 Å². The Kier molecular flexibility index (Phi) is 6.52. The van der Waals surface area contributed by atoms with Crippen LogP contribution in [0.25, 0.3) is 0 Å². The zero-order chi connectivity index (χ0) is 16.0. The van der Waals surface area contributed by atoms with Gasteiger partial charge in [0.25, 0.3) is 5.91 Å². The molecular weight excluding hydrogens is 371 g/mol. The Bertz CT molecular complexity index is 623. The van der Waals surface area contributed by atoms with Gasteiger partial charge in [-0.25, -0.2) is 17.9 Å². The third-order valence-electron chi connectivity index (χ3n) is 2.28. The van der Waals surface area contributed by atoms with Gasteiger partial charge in [-0.1, -0.05) is 0 Å². The van der Waals surface area contributed by atoms with Gasteiger partial charge >= 0.3 is 0 Å². The van der Waals surface area contributed by atoms with Gasteiger partial charge in [0.05, 0.1) is 11.1 Å². The minimum atomic E-state index is -4.17. The lowest BCUT2D eigenvalue weighted by Crippen LogP contribution is -2.31. The zero-order valence-corrected chi connectivity index (χ0v) is 13.5. The van der Waals surface area contributed by atoms with Crippen LogP contribution in [0.5, 0.6) is 5.75 Å². The second kappa shape index (κ2) is 7.69. The summed E-state index contributed by atoms with van der Waals surface area (Å²) in [6, 6.07) is 1.81. The lowest BCUT2D eigenvalue weighted by molar-refractivity contribution is -0.123. The van der Waals surface area contributed by atoms with Crippen molar-refractivity contribution in [1.29, 1.82) is 0 Å². The largest absolute Gasteiger partial charge is 0.482 e. The molecule has 1 amide bonds. The van der Waals surface area contributed by atoms with Gasteiger partial charge in [-0.15, -0.1) is 0 Å². The number of benzene rings is 1. The lowest BCUT2D eigenvalue weighted by atomic mass is 10.3. The molecule has 0 heterocycles. The first-order valence-electron chi connectivity index (χ1n) is 5.66. The van der Waals surface area contributed by atoms with Gasteiger partial charge in [-0.3, -0.25) is 4.79 Å². The fraction of sp³-hybridized carbons (Fsp3) is 0.364. The first-order chi connectivity index (χ1) is 9.75. The van der Waals surface area contributed by atoms with Crippen LogP contribution >= 0.6 is 15.9 Å². The molecule has 0 aliphatic carbocycles. The number of hydrogen-bond donors (Lipinski definition) is 2. The predicted octanol–water partition coefficient (Wildman–Crippen LogP) is 0.377. The Morgan fingerprint density at radius 2 is 2.14 bits per heavy atom. The van der Waals surface area contributed by atoms with Crippen molar-refractivity contribution in [2.45, 2.75) is 4.90 Å². The Hall–Kier alpha value is -1.23. The molecule has 3 N–H and O–H groups in total. The summed E-state index contributed by atoms with van der Waals surface area (Å²) >= 11 is 3.02. The van der Waals surface area contributed by atoms with Crippen LogP contribution in [0.1, 0.15) is 0 Å². The van der Waals surface area contributed by atoms with Crippen molar-refractivity contribution >= 4 is 31.9 Å². The summed E-state index contributed by atoms with van der Waals surface area (Å²) in [5.41, 5.74) is 0. The third-order valence-corrected chi connectivity index (χ3v) is 3.83. The topological polar surface area (TPSA) is 108 Å². The molecule has 7 nitrogen and oxygen atoms in total. The summed E-state index contributed by atoms with van der Waals surface area (Å²) in [6.45, 7) is 0.322. The molecule has 118 valence electrons. The molecule has 21 heavy (non-hydrogen) atoms. The molecule has 0 radical (unpaired) electrons. The van der Waals surface area contributed by atoms with Crippen molar-refractivity contribution < 1.29 is 27.1 Å². The molecule has 0 saturated heterocycles. The van der Waals surface area contributed by atoms with Crippen LogP contribution < -0.4 is 15.2 Å². The van der Waals surface area contributed by atoms with Gasteiger partial charge in [0, 0.05) is 19.7 Å². The van der Waals surface area contributed by atoms with Gasteiger partial charge in [-0.2, -0.15) is 0 Å². The summed E-state index contributed by atoms with van der Waals surface area (Å²) in [5.74, 6) is -1.49. The van der Waals surface area contributed by atoms with Crippen molar-refractivity contribution in [3.63, 3.8) is 0 Å². The molecule has 0 fully saturated rings. The van der Waals surface area contributed by atoms with E-state index < -0.39 is 26.6 Å². The van der Waals surface area contributed by atoms with Crippen molar-refractivity contribution in [2.24, 2.45) is 5.14 Å². The standard InChI is InChI=1S/C11H14BrFN2O5S/c1-19-3-2-15-11(16)6-20-9-5-8(13)10(4-7(9)12)21(14,17)18/h4-5H,2-3,6H2,1H3,(H,15,16)(H2,14,17,18). The van der Waals surface area contributed by atoms with Crippen molar-refractivity contribution in [3.05, 3.63) is 22.4 Å². The Labute approximate surface area is 129 Å². The highest BCUT2D eigenvalue weighted by Gasteiger charge is 2.18. The number of ether oxygens (including phenoxy) is 2. The highest BCUT2D eigenvalue weighted by atomic mass is 79.9. The molecule has 0 aliphatic heterocycles. The molecule has 0 atom stereocenters. The van der Waals surface area contributed by atoms with E-state index in [1.54, 1.807) is 0 Å². The Balaban J connectivity index is 2.73. The van der Waals surface area contributed by atoms with Crippen LogP contribution in [0.4, 0.5) is 4.39 Å². The predicted molar refractivity (Wildman–Crippen MR) is 75.9 cm³/mol. The molecule has 10 heteroatoms. The minimum absolute atomic E-state index is 0.0122. The van der Waals surface area contributed by atoms with Gasteiger partial charge < -0.3 is 14.8 Å². The molecule has 0 saturated carbocycles. The van der Waals surface area contributed by atoms with E-state index in [0.29, 0.717) is 13.2 Å². The maximum absolute atomic E-state index is 13.6. The summed E-state index contributed by atoms with van der Waals surface area (Å²) in [5, 5.41) is 7.37. The van der Waals surface area contributed by atoms with Crippen LogP contribution in [-0.2, 0) is 19.6 Å². The van der Waals surface area contributed by atoms with Crippen molar-refractivity contribution in [1.82, 2.24) is 5.32 Å². The van der Waals surface area contributed by atoms with E-state index in [2.05, 4.69) is 21.2 Å². The molecule has 1 aromatic carbocycles. The minimum Gasteiger partial charge on any atom is -0.482 e. The van der Waals surface area contributed by atoms with Crippen LogP contribution in [-0.4, -0.2) is 41.2 Å². The van der Waals surface area contributed by atoms with E-state index in [-0.39, 0.29) is 16.8 Å². The van der Waals surface area contributed by atoms with E-state index in [1.165, 1.54) is 7.11 Å². The maximum atomic E-state index is 13.6. The molecule has 0 aromatic heterocycles. The average Bonchev–Trinajstić information content (AvgIpc) is 2.38. The number of amides is 1. The van der Waals surface area contributed by atoms with E-state index in [4.69, 9.17) is 14.6 Å². The van der Waals surface area contributed by atoms with Crippen molar-refractivity contribution in [2.75, 3.05) is 26.9 Å². The molecule has 0 aliphatic rings. The number of carbonyl (C=O) groups excluding carboxylic acids is 1. The maximum Gasteiger partial charge on any atom is 0.258 e. The highest BCUT2D eigenvalue weighted by molar-refractivity contribution is 9.10. The van der Waals surface area contributed by atoms with E-state index >= 15 is 0 Å². The fourth-order valence-corrected chi connectivity index (χ4v) is 2.55. The first kappa shape index (κ1) is 17.8. The number of hydrogen-bond acceptors (Lipinski definition) is 5. The molecule has 1 aromatic rings. The van der Waals surface area contributed by atoms with Crippen LogP contribution in [0.2, 0.25) is 0 Å². The smallest absolute Gasteiger partial charge is 0.258 e. The molecule has 1 rings (SSSR count). The normalized spacial score (nSPS) is 11.2. The lowest BCUT2D eigenvalue weighted by Gasteiger charge is -2.10. The number of sulfonamides is 1. The van der Waals surface area contributed by atoms with E-state index in [1.807, 2.05) is 0 Å². The number of nitrogens with one attached hydrogen (secondary N) is 1.